The monoisotopic (exact) mass is 371 g/mol. The molecule has 3 aromatic rings. The molecular formula is C18H21N5O2S. The summed E-state index contributed by atoms with van der Waals surface area (Å²) in [5, 5.41) is 2.98. The first kappa shape index (κ1) is 16.8. The molecule has 0 spiro atoms. The second kappa shape index (κ2) is 6.95. The summed E-state index contributed by atoms with van der Waals surface area (Å²) >= 11 is 1.62. The highest BCUT2D eigenvalue weighted by Gasteiger charge is 2.22. The van der Waals surface area contributed by atoms with Gasteiger partial charge in [-0.25, -0.2) is 9.78 Å². The summed E-state index contributed by atoms with van der Waals surface area (Å²) in [5.74, 6) is 0.101. The Kier molecular flexibility index (Phi) is 4.50. The van der Waals surface area contributed by atoms with Crippen molar-refractivity contribution in [3.63, 3.8) is 0 Å². The SMILES string of the molecule is Cn1c(=O)n(CCC(=O)N2CCN(c3nccs3)CC2)c2ccccc21. The number of amides is 1. The highest BCUT2D eigenvalue weighted by molar-refractivity contribution is 7.13. The summed E-state index contributed by atoms with van der Waals surface area (Å²) in [6.45, 7) is 3.40. The van der Waals surface area contributed by atoms with Crippen molar-refractivity contribution in [3.8, 4) is 0 Å². The molecule has 7 nitrogen and oxygen atoms in total. The van der Waals surface area contributed by atoms with Crippen LogP contribution >= 0.6 is 11.3 Å². The average molecular weight is 371 g/mol. The van der Waals surface area contributed by atoms with Crippen LogP contribution < -0.4 is 10.6 Å². The third-order valence-electron chi connectivity index (χ3n) is 4.92. The lowest BCUT2D eigenvalue weighted by molar-refractivity contribution is -0.131. The van der Waals surface area contributed by atoms with Gasteiger partial charge >= 0.3 is 5.69 Å². The molecule has 3 heterocycles. The van der Waals surface area contributed by atoms with Gasteiger partial charge in [-0.2, -0.15) is 0 Å². The second-order valence-electron chi connectivity index (χ2n) is 6.41. The molecule has 1 amide bonds. The molecule has 1 aliphatic rings. The van der Waals surface area contributed by atoms with Gasteiger partial charge in [0.1, 0.15) is 0 Å². The number of nitrogens with zero attached hydrogens (tertiary/aromatic N) is 5. The number of thiazole rings is 1. The van der Waals surface area contributed by atoms with Crippen LogP contribution in [0.25, 0.3) is 11.0 Å². The van der Waals surface area contributed by atoms with Crippen molar-refractivity contribution >= 4 is 33.4 Å². The van der Waals surface area contributed by atoms with Gasteiger partial charge in [0.05, 0.1) is 11.0 Å². The summed E-state index contributed by atoms with van der Waals surface area (Å²) in [6, 6.07) is 7.68. The molecule has 1 aliphatic heterocycles. The Morgan fingerprint density at radius 3 is 2.58 bits per heavy atom. The van der Waals surface area contributed by atoms with Gasteiger partial charge in [-0.1, -0.05) is 12.1 Å². The lowest BCUT2D eigenvalue weighted by Gasteiger charge is -2.34. The minimum atomic E-state index is -0.0763. The quantitative estimate of drug-likeness (QED) is 0.698. The van der Waals surface area contributed by atoms with Gasteiger partial charge in [-0.3, -0.25) is 13.9 Å². The molecule has 0 atom stereocenters. The van der Waals surface area contributed by atoms with E-state index in [0.717, 1.165) is 29.3 Å². The number of aryl methyl sites for hydroxylation is 2. The Labute approximate surface area is 155 Å². The first-order valence-electron chi connectivity index (χ1n) is 8.71. The number of hydrogen-bond donors (Lipinski definition) is 0. The number of aromatic nitrogens is 3. The molecule has 0 saturated carbocycles. The molecule has 8 heteroatoms. The van der Waals surface area contributed by atoms with Gasteiger partial charge in [0.25, 0.3) is 0 Å². The van der Waals surface area contributed by atoms with Gasteiger partial charge in [-0.15, -0.1) is 11.3 Å². The summed E-state index contributed by atoms with van der Waals surface area (Å²) in [7, 11) is 1.76. The highest BCUT2D eigenvalue weighted by Crippen LogP contribution is 2.19. The maximum Gasteiger partial charge on any atom is 0.328 e. The number of fused-ring (bicyclic) bond motifs is 1. The van der Waals surface area contributed by atoms with Crippen LogP contribution in [0.2, 0.25) is 0 Å². The van der Waals surface area contributed by atoms with Crippen LogP contribution in [0.3, 0.4) is 0 Å². The minimum Gasteiger partial charge on any atom is -0.345 e. The van der Waals surface area contributed by atoms with E-state index in [4.69, 9.17) is 0 Å². The van der Waals surface area contributed by atoms with Crippen LogP contribution in [0.1, 0.15) is 6.42 Å². The van der Waals surface area contributed by atoms with E-state index in [-0.39, 0.29) is 11.6 Å². The van der Waals surface area contributed by atoms with E-state index in [1.807, 2.05) is 34.5 Å². The molecule has 0 N–H and O–H groups in total. The summed E-state index contributed by atoms with van der Waals surface area (Å²) in [6.07, 6.45) is 2.14. The third kappa shape index (κ3) is 3.01. The van der Waals surface area contributed by atoms with E-state index in [1.165, 1.54) is 0 Å². The lowest BCUT2D eigenvalue weighted by atomic mass is 10.2. The Hall–Kier alpha value is -2.61. The molecule has 2 aromatic heterocycles. The van der Waals surface area contributed by atoms with E-state index < -0.39 is 0 Å². The van der Waals surface area contributed by atoms with E-state index in [2.05, 4.69) is 9.88 Å². The zero-order chi connectivity index (χ0) is 18.1. The number of hydrogen-bond acceptors (Lipinski definition) is 5. The number of carbonyl (C=O) groups is 1. The molecule has 1 fully saturated rings. The van der Waals surface area contributed by atoms with E-state index in [9.17, 15) is 9.59 Å². The Balaban J connectivity index is 1.39. The van der Waals surface area contributed by atoms with Crippen LogP contribution in [0.4, 0.5) is 5.13 Å². The molecule has 4 rings (SSSR count). The molecule has 1 aromatic carbocycles. The minimum absolute atomic E-state index is 0.0763. The van der Waals surface area contributed by atoms with Gasteiger partial charge in [0, 0.05) is 57.8 Å². The number of piperazine rings is 1. The largest absolute Gasteiger partial charge is 0.345 e. The van der Waals surface area contributed by atoms with Crippen molar-refractivity contribution in [3.05, 3.63) is 46.3 Å². The highest BCUT2D eigenvalue weighted by atomic mass is 32.1. The fraction of sp³-hybridized carbons (Fsp3) is 0.389. The molecule has 26 heavy (non-hydrogen) atoms. The van der Waals surface area contributed by atoms with Crippen molar-refractivity contribution in [1.82, 2.24) is 19.0 Å². The first-order chi connectivity index (χ1) is 12.6. The van der Waals surface area contributed by atoms with Crippen LogP contribution in [-0.4, -0.2) is 51.1 Å². The van der Waals surface area contributed by atoms with Crippen molar-refractivity contribution < 1.29 is 4.79 Å². The number of para-hydroxylation sites is 2. The van der Waals surface area contributed by atoms with Crippen molar-refractivity contribution in [2.45, 2.75) is 13.0 Å². The number of benzene rings is 1. The normalized spacial score (nSPS) is 15.0. The molecule has 1 saturated heterocycles. The number of carbonyl (C=O) groups excluding carboxylic acids is 1. The molecule has 0 bridgehead atoms. The van der Waals surface area contributed by atoms with Crippen molar-refractivity contribution in [2.24, 2.45) is 7.05 Å². The third-order valence-corrected chi connectivity index (χ3v) is 5.76. The van der Waals surface area contributed by atoms with Gasteiger partial charge in [-0.05, 0) is 12.1 Å². The second-order valence-corrected chi connectivity index (χ2v) is 7.29. The van der Waals surface area contributed by atoms with Crippen LogP contribution in [-0.2, 0) is 18.4 Å². The summed E-state index contributed by atoms with van der Waals surface area (Å²) < 4.78 is 3.33. The van der Waals surface area contributed by atoms with Crippen LogP contribution in [0.15, 0.2) is 40.6 Å². The maximum atomic E-state index is 12.6. The molecular weight excluding hydrogens is 350 g/mol. The van der Waals surface area contributed by atoms with Gasteiger partial charge in [0.15, 0.2) is 5.13 Å². The molecule has 0 radical (unpaired) electrons. The topological polar surface area (TPSA) is 63.4 Å². The average Bonchev–Trinajstić information content (AvgIpc) is 3.29. The molecule has 0 unspecified atom stereocenters. The van der Waals surface area contributed by atoms with Gasteiger partial charge < -0.3 is 9.80 Å². The van der Waals surface area contributed by atoms with Crippen LogP contribution in [0.5, 0.6) is 0 Å². The van der Waals surface area contributed by atoms with E-state index in [1.54, 1.807) is 33.7 Å². The van der Waals surface area contributed by atoms with Crippen molar-refractivity contribution in [1.29, 1.82) is 0 Å². The summed E-state index contributed by atoms with van der Waals surface area (Å²) in [4.78, 5) is 33.5. The predicted molar refractivity (Wildman–Crippen MR) is 103 cm³/mol. The smallest absolute Gasteiger partial charge is 0.328 e. The van der Waals surface area contributed by atoms with E-state index in [0.29, 0.717) is 26.1 Å². The van der Waals surface area contributed by atoms with Crippen molar-refractivity contribution in [2.75, 3.05) is 31.1 Å². The zero-order valence-corrected chi connectivity index (χ0v) is 15.5. The first-order valence-corrected chi connectivity index (χ1v) is 9.59. The summed E-state index contributed by atoms with van der Waals surface area (Å²) in [5.41, 5.74) is 1.69. The van der Waals surface area contributed by atoms with E-state index >= 15 is 0 Å². The van der Waals surface area contributed by atoms with Gasteiger partial charge in [0.2, 0.25) is 5.91 Å². The predicted octanol–water partition coefficient (Wildman–Crippen LogP) is 1.54. The Bertz CT molecular complexity index is 967. The fourth-order valence-corrected chi connectivity index (χ4v) is 4.16. The maximum absolute atomic E-state index is 12.6. The number of anilines is 1. The standard InChI is InChI=1S/C18H21N5O2S/c1-20-14-4-2-3-5-15(14)23(18(20)25)8-6-16(24)21-9-11-22(12-10-21)17-19-7-13-26-17/h2-5,7,13H,6,8-12H2,1H3. The van der Waals surface area contributed by atoms with Crippen LogP contribution in [0, 0.1) is 0 Å². The zero-order valence-electron chi connectivity index (χ0n) is 14.7. The fourth-order valence-electron chi connectivity index (χ4n) is 3.46. The number of rotatable bonds is 4. The Morgan fingerprint density at radius 1 is 1.15 bits per heavy atom. The Morgan fingerprint density at radius 2 is 1.88 bits per heavy atom. The molecule has 0 aliphatic carbocycles. The number of imidazole rings is 1. The molecule has 136 valence electrons. The lowest BCUT2D eigenvalue weighted by Crippen LogP contribution is -2.49.